The van der Waals surface area contributed by atoms with Crippen molar-refractivity contribution in [3.05, 3.63) is 60.2 Å². The van der Waals surface area contributed by atoms with Crippen LogP contribution >= 0.6 is 0 Å². The first-order valence-electron chi connectivity index (χ1n) is 11.3. The Morgan fingerprint density at radius 3 is 2.25 bits per heavy atom. The minimum absolute atomic E-state index is 0.320. The van der Waals surface area contributed by atoms with Crippen LogP contribution in [-0.4, -0.2) is 88.1 Å². The van der Waals surface area contributed by atoms with Gasteiger partial charge in [-0.1, -0.05) is 42.5 Å². The number of rotatable bonds is 9. The van der Waals surface area contributed by atoms with E-state index >= 15 is 0 Å². The van der Waals surface area contributed by atoms with E-state index in [0.717, 1.165) is 18.2 Å². The minimum atomic E-state index is -2.30. The number of methoxy groups -OCH3 is 1. The van der Waals surface area contributed by atoms with Crippen LogP contribution in [0.15, 0.2) is 54.6 Å². The summed E-state index contributed by atoms with van der Waals surface area (Å²) in [5.74, 6) is -4.93. The van der Waals surface area contributed by atoms with E-state index in [1.807, 2.05) is 30.3 Å². The van der Waals surface area contributed by atoms with E-state index < -0.39 is 67.0 Å². The van der Waals surface area contributed by atoms with Crippen molar-refractivity contribution in [2.45, 2.75) is 49.6 Å². The molecule has 2 aromatic carbocycles. The van der Waals surface area contributed by atoms with Crippen molar-refractivity contribution in [2.24, 2.45) is 0 Å². The van der Waals surface area contributed by atoms with Gasteiger partial charge in [0.25, 0.3) is 11.7 Å². The molecular weight excluding hydrogens is 472 g/mol. The van der Waals surface area contributed by atoms with Crippen molar-refractivity contribution in [2.75, 3.05) is 13.7 Å². The monoisotopic (exact) mass is 502 g/mol. The van der Waals surface area contributed by atoms with Gasteiger partial charge >= 0.3 is 5.97 Å². The van der Waals surface area contributed by atoms with Crippen molar-refractivity contribution < 1.29 is 44.3 Å². The number of aliphatic carboxylic acids is 1. The van der Waals surface area contributed by atoms with Gasteiger partial charge in [-0.2, -0.15) is 0 Å². The molecule has 1 aliphatic heterocycles. The molecule has 2 aromatic rings. The molecule has 0 spiro atoms. The van der Waals surface area contributed by atoms with Crippen LogP contribution in [0, 0.1) is 0 Å². The number of ether oxygens (including phenoxy) is 2. The van der Waals surface area contributed by atoms with Gasteiger partial charge in [0.2, 0.25) is 5.91 Å². The normalized spacial score (nSPS) is 25.4. The number of carboxylic acids is 1. The number of hydrogen-bond donors (Lipinski definition) is 6. The van der Waals surface area contributed by atoms with E-state index in [1.54, 1.807) is 24.3 Å². The van der Waals surface area contributed by atoms with Crippen LogP contribution in [0.5, 0.6) is 0 Å². The number of hydrogen-bond acceptors (Lipinski definition) is 8. The molecule has 0 aromatic heterocycles. The fourth-order valence-corrected chi connectivity index (χ4v) is 4.10. The largest absolute Gasteiger partial charge is 0.477 e. The molecule has 3 rings (SSSR count). The number of carbonyl (C=O) groups is 3. The average Bonchev–Trinajstić information content (AvgIpc) is 2.88. The molecule has 0 bridgehead atoms. The van der Waals surface area contributed by atoms with Gasteiger partial charge in [0.05, 0.1) is 18.2 Å². The van der Waals surface area contributed by atoms with E-state index in [0.29, 0.717) is 5.56 Å². The number of benzene rings is 2. The van der Waals surface area contributed by atoms with Crippen LogP contribution in [0.2, 0.25) is 0 Å². The summed E-state index contributed by atoms with van der Waals surface area (Å²) in [6, 6.07) is 15.1. The zero-order valence-electron chi connectivity index (χ0n) is 19.8. The molecular formula is C25H30N2O9. The second-order valence-corrected chi connectivity index (χ2v) is 8.55. The zero-order valence-corrected chi connectivity index (χ0v) is 19.8. The number of aliphatic hydroxyl groups is 3. The van der Waals surface area contributed by atoms with Crippen LogP contribution in [0.1, 0.15) is 23.7 Å². The predicted octanol–water partition coefficient (Wildman–Crippen LogP) is -0.113. The van der Waals surface area contributed by atoms with E-state index in [1.165, 1.54) is 6.92 Å². The summed E-state index contributed by atoms with van der Waals surface area (Å²) < 4.78 is 10.4. The van der Waals surface area contributed by atoms with E-state index in [2.05, 4.69) is 10.6 Å². The summed E-state index contributed by atoms with van der Waals surface area (Å²) in [6.07, 6.45) is -6.99. The average molecular weight is 503 g/mol. The highest BCUT2D eigenvalue weighted by Gasteiger charge is 2.55. The lowest BCUT2D eigenvalue weighted by Crippen LogP contribution is -2.68. The first kappa shape index (κ1) is 27.2. The van der Waals surface area contributed by atoms with Crippen LogP contribution in [0.3, 0.4) is 0 Å². The highest BCUT2D eigenvalue weighted by molar-refractivity contribution is 5.94. The van der Waals surface area contributed by atoms with Gasteiger partial charge in [-0.05, 0) is 23.3 Å². The molecule has 36 heavy (non-hydrogen) atoms. The number of nitrogens with one attached hydrogen (secondary N) is 2. The lowest BCUT2D eigenvalue weighted by Gasteiger charge is -2.46. The van der Waals surface area contributed by atoms with Crippen molar-refractivity contribution in [3.8, 4) is 11.1 Å². The summed E-state index contributed by atoms with van der Waals surface area (Å²) in [7, 11) is 1.06. The molecule has 1 fully saturated rings. The fourth-order valence-electron chi connectivity index (χ4n) is 4.10. The molecule has 6 N–H and O–H groups in total. The lowest BCUT2D eigenvalue weighted by atomic mass is 9.88. The molecule has 2 amide bonds. The summed E-state index contributed by atoms with van der Waals surface area (Å²) >= 11 is 0. The van der Waals surface area contributed by atoms with Gasteiger partial charge in [-0.3, -0.25) is 9.59 Å². The van der Waals surface area contributed by atoms with Gasteiger partial charge in [-0.15, -0.1) is 0 Å². The Morgan fingerprint density at radius 1 is 1.08 bits per heavy atom. The first-order valence-corrected chi connectivity index (χ1v) is 11.3. The maximum Gasteiger partial charge on any atom is 0.364 e. The number of amides is 2. The summed E-state index contributed by atoms with van der Waals surface area (Å²) in [4.78, 5) is 35.9. The van der Waals surface area contributed by atoms with Crippen LogP contribution in [0.25, 0.3) is 11.1 Å². The Kier molecular flexibility index (Phi) is 8.77. The van der Waals surface area contributed by atoms with Gasteiger partial charge in [0, 0.05) is 32.6 Å². The Morgan fingerprint density at radius 2 is 1.69 bits per heavy atom. The maximum absolute atomic E-state index is 12.6. The summed E-state index contributed by atoms with van der Waals surface area (Å²) in [5.41, 5.74) is 2.22. The van der Waals surface area contributed by atoms with E-state index in [-0.39, 0.29) is 0 Å². The number of aliphatic hydroxyl groups excluding tert-OH is 3. The third kappa shape index (κ3) is 6.07. The third-order valence-electron chi connectivity index (χ3n) is 6.06. The molecule has 194 valence electrons. The van der Waals surface area contributed by atoms with E-state index in [4.69, 9.17) is 9.47 Å². The van der Waals surface area contributed by atoms with Gasteiger partial charge < -0.3 is 40.5 Å². The molecule has 6 atom stereocenters. The maximum atomic E-state index is 12.6. The molecule has 11 heteroatoms. The van der Waals surface area contributed by atoms with Crippen molar-refractivity contribution in [1.82, 2.24) is 10.6 Å². The van der Waals surface area contributed by atoms with Crippen LogP contribution < -0.4 is 10.6 Å². The summed E-state index contributed by atoms with van der Waals surface area (Å²) in [6.45, 7) is 0.751. The molecule has 1 aliphatic rings. The number of carboxylic acid groups (broad SMARTS) is 1. The second kappa shape index (κ2) is 11.6. The second-order valence-electron chi connectivity index (χ2n) is 8.55. The highest BCUT2D eigenvalue weighted by atomic mass is 16.7. The molecule has 0 saturated carbocycles. The fraction of sp³-hybridized carbons (Fsp3) is 0.400. The Balaban J connectivity index is 1.68. The Hall–Kier alpha value is -3.35. The zero-order chi connectivity index (χ0) is 26.5. The number of carbonyl (C=O) groups excluding carboxylic acids is 2. The topological polar surface area (TPSA) is 175 Å². The predicted molar refractivity (Wildman–Crippen MR) is 127 cm³/mol. The van der Waals surface area contributed by atoms with Gasteiger partial charge in [0.1, 0.15) is 12.2 Å². The minimum Gasteiger partial charge on any atom is -0.477 e. The first-order chi connectivity index (χ1) is 17.1. The Bertz CT molecular complexity index is 1060. The molecule has 0 radical (unpaired) electrons. The lowest BCUT2D eigenvalue weighted by molar-refractivity contribution is -0.303. The SMILES string of the molecule is CO[C@]1(C(=O)O)C[C@H](O)[C@@H](NC(C)=O)[C@H]([C@H](O)[C@H](O)CNC(=O)c2ccc(-c3ccccc3)cc2)O1. The molecule has 0 unspecified atom stereocenters. The van der Waals surface area contributed by atoms with Crippen molar-refractivity contribution in [1.29, 1.82) is 0 Å². The van der Waals surface area contributed by atoms with Crippen molar-refractivity contribution in [3.63, 3.8) is 0 Å². The van der Waals surface area contributed by atoms with Gasteiger partial charge in [-0.25, -0.2) is 4.79 Å². The smallest absolute Gasteiger partial charge is 0.364 e. The molecule has 0 aliphatic carbocycles. The molecule has 1 saturated heterocycles. The van der Waals surface area contributed by atoms with Gasteiger partial charge in [0.15, 0.2) is 0 Å². The highest BCUT2D eigenvalue weighted by Crippen LogP contribution is 2.33. The standard InChI is InChI=1S/C25H30N2O9/c1-14(28)27-20-18(29)12-25(35-2,24(33)34)36-22(20)21(31)19(30)13-26-23(32)17-10-8-16(9-11-17)15-6-4-3-5-7-15/h3-11,18-22,29-31H,12-13H2,1-2H3,(H,26,32)(H,27,28)(H,33,34)/t18-,19+,20+,21+,22+,25+/m0/s1. The van der Waals surface area contributed by atoms with E-state index in [9.17, 15) is 34.8 Å². The quantitative estimate of drug-likeness (QED) is 0.273. The third-order valence-corrected chi connectivity index (χ3v) is 6.06. The molecule has 1 heterocycles. The Labute approximate surface area is 207 Å². The van der Waals surface area contributed by atoms with Crippen molar-refractivity contribution >= 4 is 17.8 Å². The van der Waals surface area contributed by atoms with Crippen LogP contribution in [0.4, 0.5) is 0 Å². The molecule has 11 nitrogen and oxygen atoms in total. The summed E-state index contributed by atoms with van der Waals surface area (Å²) in [5, 5.41) is 46.3. The van der Waals surface area contributed by atoms with Crippen LogP contribution in [-0.2, 0) is 19.1 Å².